The van der Waals surface area contributed by atoms with Gasteiger partial charge in [-0.2, -0.15) is 0 Å². The average Bonchev–Trinajstić information content (AvgIpc) is 2.91. The Morgan fingerprint density at radius 3 is 2.07 bits per heavy atom. The van der Waals surface area contributed by atoms with Crippen molar-refractivity contribution >= 4 is 19.7 Å². The van der Waals surface area contributed by atoms with Crippen molar-refractivity contribution in [1.29, 1.82) is 0 Å². The Balaban J connectivity index is 1.91. The van der Waals surface area contributed by atoms with Crippen LogP contribution in [0, 0.1) is 5.92 Å². The second kappa shape index (κ2) is 7.16. The van der Waals surface area contributed by atoms with E-state index in [0.717, 1.165) is 31.5 Å². The first-order chi connectivity index (χ1) is 12.4. The second-order valence-corrected chi connectivity index (χ2v) is 13.5. The van der Waals surface area contributed by atoms with Crippen molar-refractivity contribution in [2.75, 3.05) is 24.6 Å². The van der Waals surface area contributed by atoms with Gasteiger partial charge < -0.3 is 0 Å². The molecule has 0 N–H and O–H groups in total. The maximum absolute atomic E-state index is 13.3. The number of piperidine rings is 1. The van der Waals surface area contributed by atoms with Gasteiger partial charge in [0.15, 0.2) is 19.7 Å². The van der Waals surface area contributed by atoms with Gasteiger partial charge in [0, 0.05) is 6.04 Å². The highest BCUT2D eigenvalue weighted by Gasteiger charge is 2.48. The van der Waals surface area contributed by atoms with E-state index in [-0.39, 0.29) is 21.8 Å². The second-order valence-electron chi connectivity index (χ2n) is 9.22. The van der Waals surface area contributed by atoms with Crippen LogP contribution in [0.5, 0.6) is 0 Å². The summed E-state index contributed by atoms with van der Waals surface area (Å²) < 4.78 is 51.3. The first-order valence-corrected chi connectivity index (χ1v) is 13.1. The minimum Gasteiger partial charge on any atom is -0.298 e. The molecule has 2 aliphatic heterocycles. The van der Waals surface area contributed by atoms with E-state index < -0.39 is 31.0 Å². The number of nitrogens with zero attached hydrogens (tertiary/aromatic N) is 1. The highest BCUT2D eigenvalue weighted by molar-refractivity contribution is 7.96. The molecule has 2 fully saturated rings. The van der Waals surface area contributed by atoms with E-state index in [9.17, 15) is 16.8 Å². The van der Waals surface area contributed by atoms with Crippen molar-refractivity contribution in [3.05, 3.63) is 29.8 Å². The zero-order valence-corrected chi connectivity index (χ0v) is 18.3. The molecule has 2 saturated heterocycles. The number of hydrogen-bond acceptors (Lipinski definition) is 5. The van der Waals surface area contributed by atoms with Crippen LogP contribution in [0.25, 0.3) is 0 Å². The van der Waals surface area contributed by atoms with E-state index >= 15 is 0 Å². The van der Waals surface area contributed by atoms with Crippen molar-refractivity contribution in [2.24, 2.45) is 5.92 Å². The normalized spacial score (nSPS) is 27.7. The van der Waals surface area contributed by atoms with Crippen molar-refractivity contribution in [3.63, 3.8) is 0 Å². The molecule has 2 aliphatic rings. The third-order valence-electron chi connectivity index (χ3n) is 6.01. The van der Waals surface area contributed by atoms with E-state index in [1.54, 1.807) is 12.1 Å². The quantitative estimate of drug-likeness (QED) is 0.762. The zero-order chi connectivity index (χ0) is 20.0. The standard InChI is InChI=1S/C20H31NO4S2/c1-15-9-11-21(12-10-15)18-13-26(22,23)14-19(18)27(24,25)17-7-5-16(6-8-17)20(2,3)4/h5-8,15,18-19H,9-14H2,1-4H3/t18-,19-/m0/s1. The Hall–Kier alpha value is -0.920. The average molecular weight is 414 g/mol. The number of likely N-dealkylation sites (tertiary alicyclic amines) is 1. The van der Waals surface area contributed by atoms with Crippen LogP contribution in [0.1, 0.15) is 46.1 Å². The third kappa shape index (κ3) is 4.40. The maximum atomic E-state index is 13.3. The monoisotopic (exact) mass is 413 g/mol. The SMILES string of the molecule is CC1CCN([C@H]2CS(=O)(=O)C[C@@H]2S(=O)(=O)c2ccc(C(C)(C)C)cc2)CC1. The molecular weight excluding hydrogens is 382 g/mol. The minimum absolute atomic E-state index is 0.0502. The molecular formula is C20H31NO4S2. The van der Waals surface area contributed by atoms with Gasteiger partial charge in [-0.1, -0.05) is 39.8 Å². The maximum Gasteiger partial charge on any atom is 0.183 e. The van der Waals surface area contributed by atoms with Gasteiger partial charge in [-0.25, -0.2) is 16.8 Å². The molecule has 0 aliphatic carbocycles. The van der Waals surface area contributed by atoms with E-state index in [2.05, 4.69) is 32.6 Å². The molecule has 0 amide bonds. The Morgan fingerprint density at radius 2 is 1.56 bits per heavy atom. The van der Waals surface area contributed by atoms with Crippen LogP contribution < -0.4 is 0 Å². The number of rotatable bonds is 3. The molecule has 1 aromatic carbocycles. The fraction of sp³-hybridized carbons (Fsp3) is 0.700. The predicted octanol–water partition coefficient (Wildman–Crippen LogP) is 2.66. The van der Waals surface area contributed by atoms with E-state index in [1.807, 2.05) is 12.1 Å². The van der Waals surface area contributed by atoms with Crippen LogP contribution >= 0.6 is 0 Å². The number of hydrogen-bond donors (Lipinski definition) is 0. The van der Waals surface area contributed by atoms with Crippen LogP contribution in [0.2, 0.25) is 0 Å². The molecule has 0 bridgehead atoms. The van der Waals surface area contributed by atoms with Crippen LogP contribution in [0.4, 0.5) is 0 Å². The fourth-order valence-corrected chi connectivity index (χ4v) is 8.94. The molecule has 0 saturated carbocycles. The molecule has 5 nitrogen and oxygen atoms in total. The highest BCUT2D eigenvalue weighted by Crippen LogP contribution is 2.32. The lowest BCUT2D eigenvalue weighted by Crippen LogP contribution is -2.49. The van der Waals surface area contributed by atoms with Crippen LogP contribution in [0.15, 0.2) is 29.2 Å². The molecule has 2 heterocycles. The lowest BCUT2D eigenvalue weighted by atomic mass is 9.87. The van der Waals surface area contributed by atoms with Crippen molar-refractivity contribution in [2.45, 2.75) is 62.1 Å². The Labute approximate surface area is 164 Å². The Morgan fingerprint density at radius 1 is 1.00 bits per heavy atom. The zero-order valence-electron chi connectivity index (χ0n) is 16.7. The molecule has 152 valence electrons. The van der Waals surface area contributed by atoms with Gasteiger partial charge in [0.05, 0.1) is 21.7 Å². The molecule has 0 unspecified atom stereocenters. The summed E-state index contributed by atoms with van der Waals surface area (Å²) in [5.41, 5.74) is 0.994. The van der Waals surface area contributed by atoms with Gasteiger partial charge in [0.25, 0.3) is 0 Å². The van der Waals surface area contributed by atoms with Gasteiger partial charge in [-0.15, -0.1) is 0 Å². The lowest BCUT2D eigenvalue weighted by molar-refractivity contribution is 0.151. The third-order valence-corrected chi connectivity index (χ3v) is 10.1. The fourth-order valence-electron chi connectivity index (χ4n) is 4.11. The van der Waals surface area contributed by atoms with Gasteiger partial charge in [0.1, 0.15) is 0 Å². The van der Waals surface area contributed by atoms with Crippen molar-refractivity contribution in [1.82, 2.24) is 4.90 Å². The summed E-state index contributed by atoms with van der Waals surface area (Å²) >= 11 is 0. The molecule has 1 aromatic rings. The Kier molecular flexibility index (Phi) is 5.51. The topological polar surface area (TPSA) is 71.5 Å². The van der Waals surface area contributed by atoms with Gasteiger partial charge >= 0.3 is 0 Å². The molecule has 7 heteroatoms. The van der Waals surface area contributed by atoms with Crippen LogP contribution in [0.3, 0.4) is 0 Å². The summed E-state index contributed by atoms with van der Waals surface area (Å²) in [6.45, 7) is 9.97. The summed E-state index contributed by atoms with van der Waals surface area (Å²) in [6.07, 6.45) is 1.98. The summed E-state index contributed by atoms with van der Waals surface area (Å²) in [4.78, 5) is 2.32. The van der Waals surface area contributed by atoms with E-state index in [1.165, 1.54) is 0 Å². The summed E-state index contributed by atoms with van der Waals surface area (Å²) in [7, 11) is -7.06. The van der Waals surface area contributed by atoms with Crippen LogP contribution in [-0.4, -0.2) is 57.6 Å². The molecule has 2 atom stereocenters. The number of benzene rings is 1. The summed E-state index contributed by atoms with van der Waals surface area (Å²) in [5.74, 6) is 0.289. The van der Waals surface area contributed by atoms with Crippen LogP contribution in [-0.2, 0) is 25.1 Å². The summed E-state index contributed by atoms with van der Waals surface area (Å²) in [5, 5.41) is -0.878. The van der Waals surface area contributed by atoms with Gasteiger partial charge in [-0.3, -0.25) is 4.90 Å². The van der Waals surface area contributed by atoms with Crippen molar-refractivity contribution < 1.29 is 16.8 Å². The first-order valence-electron chi connectivity index (χ1n) is 9.69. The molecule has 27 heavy (non-hydrogen) atoms. The van der Waals surface area contributed by atoms with Gasteiger partial charge in [-0.05, 0) is 55.0 Å². The van der Waals surface area contributed by atoms with E-state index in [4.69, 9.17) is 0 Å². The highest BCUT2D eigenvalue weighted by atomic mass is 32.2. The van der Waals surface area contributed by atoms with E-state index in [0.29, 0.717) is 5.92 Å². The largest absolute Gasteiger partial charge is 0.298 e. The first kappa shape index (κ1) is 20.8. The molecule has 3 rings (SSSR count). The predicted molar refractivity (Wildman–Crippen MR) is 109 cm³/mol. The molecule has 0 spiro atoms. The minimum atomic E-state index is -3.70. The number of sulfone groups is 2. The molecule has 0 radical (unpaired) electrons. The lowest BCUT2D eigenvalue weighted by Gasteiger charge is -2.36. The smallest absolute Gasteiger partial charge is 0.183 e. The molecule has 0 aromatic heterocycles. The van der Waals surface area contributed by atoms with Gasteiger partial charge in [0.2, 0.25) is 0 Å². The Bertz CT molecular complexity index is 875. The summed E-state index contributed by atoms with van der Waals surface area (Å²) in [6, 6.07) is 6.52. The van der Waals surface area contributed by atoms with Crippen molar-refractivity contribution in [3.8, 4) is 0 Å².